The lowest BCUT2D eigenvalue weighted by molar-refractivity contribution is -0.408. The smallest absolute Gasteiger partial charge is 0.364 e. The van der Waals surface area contributed by atoms with Crippen LogP contribution in [-0.4, -0.2) is 615 Å². The molecule has 56 atom stereocenters. The van der Waals surface area contributed by atoms with Crippen LogP contribution < -0.4 is 31.9 Å². The molecule has 0 unspecified atom stereocenters. The summed E-state index contributed by atoms with van der Waals surface area (Å²) in [5.74, 6) is -11.6. The zero-order valence-electron chi connectivity index (χ0n) is 78.5. The number of hydrogen-bond acceptors (Lipinski definition) is 58. The van der Waals surface area contributed by atoms with Gasteiger partial charge < -0.3 is 290 Å². The molecule has 0 aromatic carbocycles. The quantitative estimate of drug-likeness (QED) is 0.0271. The predicted molar refractivity (Wildman–Crippen MR) is 449 cm³/mol. The van der Waals surface area contributed by atoms with E-state index in [1.807, 2.05) is 0 Å². The third kappa shape index (κ3) is 26.7. The largest absolute Gasteiger partial charge is 0.477 e. The molecule has 37 N–H and O–H groups in total. The highest BCUT2D eigenvalue weighted by molar-refractivity contribution is 5.77. The molecule has 11 fully saturated rings. The van der Waals surface area contributed by atoms with Gasteiger partial charge in [-0.2, -0.15) is 0 Å². The van der Waals surface area contributed by atoms with Crippen molar-refractivity contribution in [3.8, 4) is 0 Å². The van der Waals surface area contributed by atoms with E-state index in [0.29, 0.717) is 0 Å². The zero-order valence-corrected chi connectivity index (χ0v) is 78.5. The fourth-order valence-electron chi connectivity index (χ4n) is 18.9. The molecular formula is C81H134N6O59. The molecule has 11 aliphatic rings. The number of carbonyl (C=O) groups is 7. The van der Waals surface area contributed by atoms with Crippen molar-refractivity contribution in [1.29, 1.82) is 0 Å². The fraction of sp³-hybridized carbons (Fsp3) is 0.914. The SMILES string of the molecule is CC(=O)N[C@@H]1[C@@H](O)[C@H](O[C@@H]2O[C@H](CO)[C@@H](O[C@@H]3O[C@H](CO[C@H]4O[C@H](CO)[C@@H](O)[C@H](O)[C@@H]4O[C@@H]4O[C@H](CO)[C@@H](O)[C@H](O)[C@H]4NC(C)=O)[C@@H](O)[C@H](O[C@H]4O[C@H](CO)[C@@H](O[C@@H]5O[C@H](CO)[C@@H](O)[C@H](O[C@@H]6O[C@H](CO)[C@H](O)[C@H](O)[C@H]6O)[C@H]5NC(C)=O)[C@H](O)[C@@H]4O[C@@H]4O[C@H](CO)[C@@H](O[C@@H]5O[C@H](CO)[C@H](O)[C@H](O[C@]6(C(=O)O)C[C@H](O)[C@@H](NC(C)=O)[C@H]([C@H](O)[C@H](O)CO)O6)[C@H]5O)[C@H](O)[C@H]4NC(C)=O)[C@@H]3O)[C@H](O)[C@H]2NC(C)=O)[C@@H](CO)O[C@H]1O. The van der Waals surface area contributed by atoms with Crippen LogP contribution in [0.5, 0.6) is 0 Å². The van der Waals surface area contributed by atoms with Gasteiger partial charge in [0.1, 0.15) is 262 Å². The van der Waals surface area contributed by atoms with Gasteiger partial charge >= 0.3 is 5.97 Å². The van der Waals surface area contributed by atoms with E-state index < -0.39 is 464 Å². The van der Waals surface area contributed by atoms with E-state index in [4.69, 9.17) is 99.5 Å². The molecule has 0 aromatic heterocycles. The number of rotatable bonds is 40. The van der Waals surface area contributed by atoms with Gasteiger partial charge in [-0.25, -0.2) is 4.79 Å². The summed E-state index contributed by atoms with van der Waals surface area (Å²) in [5, 5.41) is 367. The Morgan fingerprint density at radius 3 is 1.03 bits per heavy atom. The van der Waals surface area contributed by atoms with Crippen LogP contribution in [0.15, 0.2) is 0 Å². The minimum absolute atomic E-state index is 0.795. The third-order valence-corrected chi connectivity index (χ3v) is 26.4. The standard InChI is InChI=1S/C81H134N6O59/c1-19(98)82-37-25(104)7-81(80(124)125,145-65(37)43(106)26(105)8-88)146-67-48(111)31(13-93)131-77(59(67)122)140-62-34(16-96)134-73(41(53(62)116)86-23(5)102)144-69-57(120)63(138-74-42(87-24(6)103)64(47(110)30(12-92)129-74)141-75-56(119)54(117)45(108)28(10-90)130-75)35(17-97)135-79(69)142-66-49(112)36(18-126-78-68(55(118)46(109)29(11-91)132-78)143-71-39(84-21(3)100)50(113)44(107)27(9-89)128-71)136-76(58(66)121)139-61-33(15-95)133-72(40(52(61)115)85-22(4)101)137-60-32(14-94)127-70(123)38(51(60)114)83-20(2)99/h25-79,88-97,104-123H,7-18H2,1-6H3,(H,82,98)(H,83,99)(H,84,100)(H,85,101)(H,86,102)(H,87,103)(H,124,125)/t25-,26+,27+,28+,29+,30+,31+,32+,33+,34+,35+,36+,37+,38+,39+,40+,41+,42+,43+,44+,45-,46+,47+,48-,49+,50+,51+,52+,53+,54-,55-,56+,57-,58-,59+,60+,61+,62+,63+,64+,65+,66-,67-,68-,69-,70+,71-,72-,73-,74-,75-,76-,77-,78-,79+,81-/m0/s1. The van der Waals surface area contributed by atoms with Crippen LogP contribution in [0.2, 0.25) is 0 Å². The summed E-state index contributed by atoms with van der Waals surface area (Å²) < 4.78 is 127. The number of carbonyl (C=O) groups excluding carboxylic acids is 6. The fourth-order valence-corrected chi connectivity index (χ4v) is 18.9. The normalized spacial score (nSPS) is 47.0. The van der Waals surface area contributed by atoms with Gasteiger partial charge in [0.2, 0.25) is 35.4 Å². The van der Waals surface area contributed by atoms with Gasteiger partial charge in [-0.1, -0.05) is 0 Å². The molecule has 0 aliphatic carbocycles. The summed E-state index contributed by atoms with van der Waals surface area (Å²) >= 11 is 0. The number of nitrogens with one attached hydrogen (secondary N) is 6. The van der Waals surface area contributed by atoms with Crippen LogP contribution in [0.25, 0.3) is 0 Å². The van der Waals surface area contributed by atoms with Crippen LogP contribution in [-0.2, 0) is 133 Å². The highest BCUT2D eigenvalue weighted by atomic mass is 16.8. The van der Waals surface area contributed by atoms with E-state index in [0.717, 1.165) is 41.5 Å². The van der Waals surface area contributed by atoms with Crippen molar-refractivity contribution in [2.24, 2.45) is 0 Å². The maximum absolute atomic E-state index is 13.7. The highest BCUT2D eigenvalue weighted by Gasteiger charge is 2.65. The minimum Gasteiger partial charge on any atom is -0.477 e. The van der Waals surface area contributed by atoms with E-state index in [1.54, 1.807) is 0 Å². The van der Waals surface area contributed by atoms with E-state index in [9.17, 15) is 192 Å². The van der Waals surface area contributed by atoms with Gasteiger partial charge in [0.25, 0.3) is 5.79 Å². The summed E-state index contributed by atoms with van der Waals surface area (Å²) in [4.78, 5) is 91.3. The Balaban J connectivity index is 1.00. The molecule has 11 saturated heterocycles. The molecule has 11 heterocycles. The van der Waals surface area contributed by atoms with Crippen LogP contribution in [0, 0.1) is 0 Å². The lowest BCUT2D eigenvalue weighted by atomic mass is 9.88. The molecule has 842 valence electrons. The second-order valence-electron chi connectivity index (χ2n) is 36.7. The first kappa shape index (κ1) is 120. The second kappa shape index (κ2) is 52.5. The number of carboxylic acid groups (broad SMARTS) is 1. The number of aliphatic carboxylic acids is 1. The molecule has 0 spiro atoms. The zero-order chi connectivity index (χ0) is 108. The maximum atomic E-state index is 13.7. The summed E-state index contributed by atoms with van der Waals surface area (Å²) in [6.45, 7) is -8.35. The Labute approximate surface area is 825 Å². The van der Waals surface area contributed by atoms with Crippen molar-refractivity contribution in [3.05, 3.63) is 0 Å². The Morgan fingerprint density at radius 1 is 0.281 bits per heavy atom. The van der Waals surface area contributed by atoms with Gasteiger partial charge in [0.15, 0.2) is 62.9 Å². The first-order valence-corrected chi connectivity index (χ1v) is 46.3. The summed E-state index contributed by atoms with van der Waals surface area (Å²) in [6.07, 6.45) is -113. The molecule has 65 nitrogen and oxygen atoms in total. The molecule has 146 heavy (non-hydrogen) atoms. The van der Waals surface area contributed by atoms with E-state index in [1.165, 1.54) is 0 Å². The van der Waals surface area contributed by atoms with Gasteiger partial charge in [-0.3, -0.25) is 28.8 Å². The van der Waals surface area contributed by atoms with Crippen LogP contribution in [0.1, 0.15) is 48.0 Å². The monoisotopic (exact) mass is 2130 g/mol. The molecule has 0 bridgehead atoms. The average molecular weight is 2140 g/mol. The minimum atomic E-state index is -3.40. The van der Waals surface area contributed by atoms with E-state index in [2.05, 4.69) is 31.9 Å². The Hall–Kier alpha value is -5.75. The van der Waals surface area contributed by atoms with Gasteiger partial charge in [-0.15, -0.1) is 0 Å². The first-order chi connectivity index (χ1) is 68.9. The molecule has 6 amide bonds. The predicted octanol–water partition coefficient (Wildman–Crippen LogP) is -24.9. The lowest BCUT2D eigenvalue weighted by Crippen LogP contribution is -2.72. The van der Waals surface area contributed by atoms with Gasteiger partial charge in [0, 0.05) is 48.0 Å². The highest BCUT2D eigenvalue weighted by Crippen LogP contribution is 2.44. The molecule has 11 rings (SSSR count). The van der Waals surface area contributed by atoms with Crippen molar-refractivity contribution in [3.63, 3.8) is 0 Å². The molecule has 65 heteroatoms. The van der Waals surface area contributed by atoms with Crippen LogP contribution >= 0.6 is 0 Å². The van der Waals surface area contributed by atoms with Gasteiger partial charge in [-0.05, 0) is 0 Å². The summed E-state index contributed by atoms with van der Waals surface area (Å²) in [6, 6.07) is -11.9. The lowest BCUT2D eigenvalue weighted by Gasteiger charge is -2.52. The van der Waals surface area contributed by atoms with E-state index in [-0.39, 0.29) is 0 Å². The van der Waals surface area contributed by atoms with E-state index >= 15 is 0 Å². The third-order valence-electron chi connectivity index (χ3n) is 26.4. The molecule has 0 saturated carbocycles. The van der Waals surface area contributed by atoms with Crippen LogP contribution in [0.3, 0.4) is 0 Å². The average Bonchev–Trinajstić information content (AvgIpc) is 0.752. The Morgan fingerprint density at radius 2 is 0.582 bits per heavy atom. The topological polar surface area (TPSA) is 1010 Å². The Kier molecular flexibility index (Phi) is 43.3. The summed E-state index contributed by atoms with van der Waals surface area (Å²) in [7, 11) is 0. The van der Waals surface area contributed by atoms with Crippen molar-refractivity contribution >= 4 is 41.4 Å². The first-order valence-electron chi connectivity index (χ1n) is 46.3. The number of carboxylic acids is 1. The number of aliphatic hydroxyl groups is 30. The molecule has 11 aliphatic heterocycles. The van der Waals surface area contributed by atoms with Crippen molar-refractivity contribution in [2.75, 3.05) is 72.7 Å². The summed E-state index contributed by atoms with van der Waals surface area (Å²) in [5.41, 5.74) is 0. The maximum Gasteiger partial charge on any atom is 0.364 e. The second-order valence-corrected chi connectivity index (χ2v) is 36.7. The van der Waals surface area contributed by atoms with Crippen molar-refractivity contribution in [1.82, 2.24) is 31.9 Å². The van der Waals surface area contributed by atoms with Crippen molar-refractivity contribution in [2.45, 2.75) is 391 Å². The van der Waals surface area contributed by atoms with Crippen LogP contribution in [0.4, 0.5) is 0 Å². The number of hydrogen-bond donors (Lipinski definition) is 37. The Bertz CT molecular complexity index is 4160. The number of aliphatic hydroxyl groups excluding tert-OH is 30. The van der Waals surface area contributed by atoms with Crippen molar-refractivity contribution < 1.29 is 291 Å². The number of ether oxygens (including phenoxy) is 21. The molecular weight excluding hydrogens is 2000 g/mol. The molecule has 0 aromatic rings. The number of amides is 6. The molecule has 0 radical (unpaired) electrons. The van der Waals surface area contributed by atoms with Gasteiger partial charge in [0.05, 0.1) is 84.8 Å².